The second-order valence-electron chi connectivity index (χ2n) is 6.66. The third-order valence-corrected chi connectivity index (χ3v) is 5.93. The van der Waals surface area contributed by atoms with E-state index in [1.807, 2.05) is 40.2 Å². The van der Waals surface area contributed by atoms with E-state index in [4.69, 9.17) is 0 Å². The molecule has 0 N–H and O–H groups in total. The van der Waals surface area contributed by atoms with Gasteiger partial charge in [-0.2, -0.15) is 5.10 Å². The highest BCUT2D eigenvalue weighted by Gasteiger charge is 2.26. The molecule has 5 nitrogen and oxygen atoms in total. The van der Waals surface area contributed by atoms with Crippen LogP contribution in [0.5, 0.6) is 0 Å². The summed E-state index contributed by atoms with van der Waals surface area (Å²) in [4.78, 5) is 20.5. The molecule has 25 heavy (non-hydrogen) atoms. The van der Waals surface area contributed by atoms with Crippen molar-refractivity contribution in [1.29, 1.82) is 0 Å². The summed E-state index contributed by atoms with van der Waals surface area (Å²) in [6, 6.07) is 8.11. The van der Waals surface area contributed by atoms with E-state index >= 15 is 0 Å². The SMILES string of the molecule is Cc1cnc(C2CCCN(C(=O)CCn3ncc4ccccc43)C2)s1. The Hall–Kier alpha value is -2.21. The lowest BCUT2D eigenvalue weighted by molar-refractivity contribution is -0.132. The van der Waals surface area contributed by atoms with Gasteiger partial charge in [0.1, 0.15) is 0 Å². The molecule has 3 aromatic rings. The third-order valence-electron chi connectivity index (χ3n) is 4.85. The first-order chi connectivity index (χ1) is 12.2. The second-order valence-corrected chi connectivity index (χ2v) is 7.93. The van der Waals surface area contributed by atoms with Gasteiger partial charge in [0.2, 0.25) is 5.91 Å². The number of fused-ring (bicyclic) bond motifs is 1. The van der Waals surface area contributed by atoms with Crippen molar-refractivity contribution in [2.75, 3.05) is 13.1 Å². The maximum absolute atomic E-state index is 12.7. The van der Waals surface area contributed by atoms with Gasteiger partial charge in [0.05, 0.1) is 23.3 Å². The molecule has 0 bridgehead atoms. The van der Waals surface area contributed by atoms with Crippen molar-refractivity contribution in [2.45, 2.75) is 38.6 Å². The summed E-state index contributed by atoms with van der Waals surface area (Å²) in [5.74, 6) is 0.611. The molecule has 3 heterocycles. The molecular formula is C19H22N4OS. The van der Waals surface area contributed by atoms with Crippen LogP contribution >= 0.6 is 11.3 Å². The van der Waals surface area contributed by atoms with Crippen LogP contribution in [0.3, 0.4) is 0 Å². The van der Waals surface area contributed by atoms with Gasteiger partial charge in [0.15, 0.2) is 0 Å². The first-order valence-corrected chi connectivity index (χ1v) is 9.63. The molecule has 1 aliphatic heterocycles. The number of carbonyl (C=O) groups excluding carboxylic acids is 1. The minimum Gasteiger partial charge on any atom is -0.342 e. The molecule has 0 spiro atoms. The number of hydrogen-bond donors (Lipinski definition) is 0. The summed E-state index contributed by atoms with van der Waals surface area (Å²) in [6.45, 7) is 4.37. The van der Waals surface area contributed by atoms with Gasteiger partial charge in [-0.1, -0.05) is 18.2 Å². The number of aromatic nitrogens is 3. The predicted molar refractivity (Wildman–Crippen MR) is 99.8 cm³/mol. The fourth-order valence-electron chi connectivity index (χ4n) is 3.53. The normalized spacial score (nSPS) is 18.0. The number of carbonyl (C=O) groups is 1. The Morgan fingerprint density at radius 3 is 3.04 bits per heavy atom. The van der Waals surface area contributed by atoms with Crippen LogP contribution in [0.4, 0.5) is 0 Å². The molecule has 1 amide bonds. The van der Waals surface area contributed by atoms with Gasteiger partial charge in [0, 0.05) is 41.9 Å². The lowest BCUT2D eigenvalue weighted by atomic mass is 9.98. The van der Waals surface area contributed by atoms with E-state index in [-0.39, 0.29) is 5.91 Å². The van der Waals surface area contributed by atoms with Gasteiger partial charge in [-0.25, -0.2) is 4.98 Å². The molecule has 1 saturated heterocycles. The summed E-state index contributed by atoms with van der Waals surface area (Å²) in [7, 11) is 0. The average molecular weight is 354 g/mol. The number of piperidine rings is 1. The van der Waals surface area contributed by atoms with E-state index in [0.29, 0.717) is 18.9 Å². The fourth-order valence-corrected chi connectivity index (χ4v) is 4.43. The Balaban J connectivity index is 1.39. The Morgan fingerprint density at radius 2 is 2.20 bits per heavy atom. The Bertz CT molecular complexity index is 884. The van der Waals surface area contributed by atoms with E-state index < -0.39 is 0 Å². The first-order valence-electron chi connectivity index (χ1n) is 8.81. The quantitative estimate of drug-likeness (QED) is 0.719. The molecule has 6 heteroatoms. The number of para-hydroxylation sites is 1. The van der Waals surface area contributed by atoms with Gasteiger partial charge in [-0.05, 0) is 25.8 Å². The summed E-state index contributed by atoms with van der Waals surface area (Å²) in [5, 5.41) is 6.71. The zero-order valence-electron chi connectivity index (χ0n) is 14.4. The molecule has 1 aliphatic rings. The molecule has 2 aromatic heterocycles. The monoisotopic (exact) mass is 354 g/mol. The van der Waals surface area contributed by atoms with Crippen LogP contribution in [0.25, 0.3) is 10.9 Å². The van der Waals surface area contributed by atoms with E-state index in [1.165, 1.54) is 9.88 Å². The Kier molecular flexibility index (Phi) is 4.53. The molecule has 130 valence electrons. The van der Waals surface area contributed by atoms with Crippen molar-refractivity contribution in [3.8, 4) is 0 Å². The number of benzene rings is 1. The van der Waals surface area contributed by atoms with Crippen molar-refractivity contribution >= 4 is 28.1 Å². The first kappa shape index (κ1) is 16.3. The average Bonchev–Trinajstić information content (AvgIpc) is 3.26. The van der Waals surface area contributed by atoms with Crippen LogP contribution < -0.4 is 0 Å². The minimum absolute atomic E-state index is 0.220. The van der Waals surface area contributed by atoms with Crippen molar-refractivity contribution in [3.05, 3.63) is 46.5 Å². The molecule has 0 aliphatic carbocycles. The molecule has 1 aromatic carbocycles. The number of likely N-dealkylation sites (tertiary alicyclic amines) is 1. The lowest BCUT2D eigenvalue weighted by Crippen LogP contribution is -2.39. The van der Waals surface area contributed by atoms with Crippen molar-refractivity contribution < 1.29 is 4.79 Å². The summed E-state index contributed by atoms with van der Waals surface area (Å²) < 4.78 is 1.93. The van der Waals surface area contributed by atoms with Crippen molar-refractivity contribution in [3.63, 3.8) is 0 Å². The highest BCUT2D eigenvalue weighted by atomic mass is 32.1. The summed E-state index contributed by atoms with van der Waals surface area (Å²) in [5.41, 5.74) is 1.09. The Morgan fingerprint density at radius 1 is 1.32 bits per heavy atom. The largest absolute Gasteiger partial charge is 0.342 e. The van der Waals surface area contributed by atoms with Crippen molar-refractivity contribution in [2.24, 2.45) is 0 Å². The predicted octanol–water partition coefficient (Wildman–Crippen LogP) is 3.60. The smallest absolute Gasteiger partial charge is 0.224 e. The zero-order chi connectivity index (χ0) is 17.2. The molecule has 1 atom stereocenters. The number of amides is 1. The fraction of sp³-hybridized carbons (Fsp3) is 0.421. The summed E-state index contributed by atoms with van der Waals surface area (Å²) >= 11 is 1.76. The van der Waals surface area contributed by atoms with Crippen LogP contribution in [0.1, 0.15) is 35.1 Å². The molecule has 1 unspecified atom stereocenters. The highest BCUT2D eigenvalue weighted by Crippen LogP contribution is 2.30. The van der Waals surface area contributed by atoms with E-state index in [0.717, 1.165) is 36.8 Å². The number of nitrogens with zero attached hydrogens (tertiary/aromatic N) is 4. The van der Waals surface area contributed by atoms with Gasteiger partial charge in [-0.15, -0.1) is 11.3 Å². The van der Waals surface area contributed by atoms with Gasteiger partial charge < -0.3 is 4.90 Å². The maximum Gasteiger partial charge on any atom is 0.224 e. The molecular weight excluding hydrogens is 332 g/mol. The van der Waals surface area contributed by atoms with Crippen molar-refractivity contribution in [1.82, 2.24) is 19.7 Å². The van der Waals surface area contributed by atoms with Gasteiger partial charge in [-0.3, -0.25) is 9.48 Å². The van der Waals surface area contributed by atoms with Crippen LogP contribution in [0.15, 0.2) is 36.7 Å². The van der Waals surface area contributed by atoms with Gasteiger partial charge in [0.25, 0.3) is 0 Å². The topological polar surface area (TPSA) is 51.0 Å². The van der Waals surface area contributed by atoms with Crippen LogP contribution in [-0.2, 0) is 11.3 Å². The third kappa shape index (κ3) is 3.44. The second kappa shape index (κ2) is 6.96. The number of aryl methyl sites for hydroxylation is 2. The number of rotatable bonds is 4. The summed E-state index contributed by atoms with van der Waals surface area (Å²) in [6.07, 6.45) is 6.47. The minimum atomic E-state index is 0.220. The number of thiazole rings is 1. The molecule has 0 saturated carbocycles. The van der Waals surface area contributed by atoms with Crippen LogP contribution in [0, 0.1) is 6.92 Å². The zero-order valence-corrected chi connectivity index (χ0v) is 15.2. The molecule has 4 rings (SSSR count). The molecule has 0 radical (unpaired) electrons. The van der Waals surface area contributed by atoms with Crippen LogP contribution in [0.2, 0.25) is 0 Å². The lowest BCUT2D eigenvalue weighted by Gasteiger charge is -2.32. The van der Waals surface area contributed by atoms with E-state index in [1.54, 1.807) is 11.3 Å². The van der Waals surface area contributed by atoms with Gasteiger partial charge >= 0.3 is 0 Å². The standard InChI is InChI=1S/C19H22N4OS/c1-14-11-20-19(25-14)16-6-4-9-22(13-16)18(24)8-10-23-17-7-3-2-5-15(17)12-21-23/h2-3,5,7,11-12,16H,4,6,8-10,13H2,1H3. The molecule has 1 fully saturated rings. The van der Waals surface area contributed by atoms with E-state index in [9.17, 15) is 4.79 Å². The van der Waals surface area contributed by atoms with Crippen LogP contribution in [-0.4, -0.2) is 38.7 Å². The highest BCUT2D eigenvalue weighted by molar-refractivity contribution is 7.11. The maximum atomic E-state index is 12.7. The Labute approximate surface area is 151 Å². The number of hydrogen-bond acceptors (Lipinski definition) is 4. The van der Waals surface area contributed by atoms with E-state index in [2.05, 4.69) is 23.1 Å².